The van der Waals surface area contributed by atoms with Crippen molar-refractivity contribution in [2.75, 3.05) is 5.32 Å². The van der Waals surface area contributed by atoms with Crippen molar-refractivity contribution < 1.29 is 4.79 Å². The number of nitrogens with one attached hydrogen (secondary N) is 1. The third-order valence-corrected chi connectivity index (χ3v) is 4.80. The number of benzene rings is 1. The van der Waals surface area contributed by atoms with Crippen LogP contribution in [0, 0.1) is 13.8 Å². The molecule has 1 amide bonds. The van der Waals surface area contributed by atoms with E-state index in [1.165, 1.54) is 0 Å². The van der Waals surface area contributed by atoms with Crippen LogP contribution in [0.25, 0.3) is 16.9 Å². The van der Waals surface area contributed by atoms with E-state index < -0.39 is 0 Å². The van der Waals surface area contributed by atoms with E-state index in [0.717, 1.165) is 39.7 Å². The summed E-state index contributed by atoms with van der Waals surface area (Å²) in [5.74, 6) is -0.191. The minimum atomic E-state index is -0.191. The fourth-order valence-electron chi connectivity index (χ4n) is 2.64. The third-order valence-electron chi connectivity index (χ3n) is 3.97. The molecule has 6 nitrogen and oxygen atoms in total. The highest BCUT2D eigenvalue weighted by Crippen LogP contribution is 2.23. The molecule has 4 rings (SSSR count). The van der Waals surface area contributed by atoms with Crippen molar-refractivity contribution in [2.24, 2.45) is 0 Å². The second-order valence-electron chi connectivity index (χ2n) is 5.77. The Morgan fingerprint density at radius 1 is 1.16 bits per heavy atom. The van der Waals surface area contributed by atoms with Gasteiger partial charge in [-0.1, -0.05) is 22.7 Å². The number of aryl methyl sites for hydroxylation is 2. The first-order valence-electron chi connectivity index (χ1n) is 7.77. The molecule has 3 aromatic heterocycles. The van der Waals surface area contributed by atoms with Crippen LogP contribution in [0.1, 0.15) is 20.9 Å². The number of nitrogens with zero attached hydrogens (tertiary/aromatic N) is 4. The topological polar surface area (TPSA) is 72.2 Å². The Bertz CT molecular complexity index is 1060. The molecule has 0 saturated carbocycles. The van der Waals surface area contributed by atoms with Crippen LogP contribution < -0.4 is 5.32 Å². The third kappa shape index (κ3) is 2.89. The van der Waals surface area contributed by atoms with Crippen LogP contribution in [0.5, 0.6) is 0 Å². The Kier molecular flexibility index (Phi) is 3.77. The van der Waals surface area contributed by atoms with Gasteiger partial charge in [-0.25, -0.2) is 4.98 Å². The molecule has 1 N–H and O–H groups in total. The summed E-state index contributed by atoms with van der Waals surface area (Å²) in [6.45, 7) is 3.81. The highest BCUT2D eigenvalue weighted by molar-refractivity contribution is 7.08. The van der Waals surface area contributed by atoms with Crippen LogP contribution in [0.2, 0.25) is 0 Å². The molecule has 4 aromatic rings. The van der Waals surface area contributed by atoms with E-state index >= 15 is 0 Å². The standard InChI is InChI=1S/C18H15N5OS/c1-11-4-3-9-23-10-15(20-17(11)23)13-5-7-14(8-6-13)19-18(24)16-12(2)21-22-25-16/h3-10H,1-2H3,(H,19,24). The van der Waals surface area contributed by atoms with E-state index in [0.29, 0.717) is 10.6 Å². The van der Waals surface area contributed by atoms with Crippen molar-refractivity contribution in [1.29, 1.82) is 0 Å². The molecule has 0 aliphatic carbocycles. The molecule has 0 fully saturated rings. The summed E-state index contributed by atoms with van der Waals surface area (Å²) >= 11 is 1.09. The number of anilines is 1. The average Bonchev–Trinajstić information content (AvgIpc) is 3.22. The lowest BCUT2D eigenvalue weighted by Crippen LogP contribution is -2.11. The number of aromatic nitrogens is 4. The molecule has 0 aliphatic heterocycles. The molecule has 7 heteroatoms. The molecule has 0 spiro atoms. The first-order valence-corrected chi connectivity index (χ1v) is 8.54. The molecule has 0 bridgehead atoms. The Morgan fingerprint density at radius 3 is 2.64 bits per heavy atom. The molecule has 25 heavy (non-hydrogen) atoms. The summed E-state index contributed by atoms with van der Waals surface area (Å²) < 4.78 is 5.80. The maximum atomic E-state index is 12.2. The Labute approximate surface area is 148 Å². The zero-order valence-electron chi connectivity index (χ0n) is 13.7. The van der Waals surface area contributed by atoms with E-state index in [1.807, 2.05) is 60.1 Å². The van der Waals surface area contributed by atoms with E-state index in [1.54, 1.807) is 6.92 Å². The number of pyridine rings is 1. The van der Waals surface area contributed by atoms with E-state index in [2.05, 4.69) is 19.9 Å². The molecule has 124 valence electrons. The first-order chi connectivity index (χ1) is 12.1. The highest BCUT2D eigenvalue weighted by atomic mass is 32.1. The van der Waals surface area contributed by atoms with Crippen LogP contribution >= 0.6 is 11.5 Å². The van der Waals surface area contributed by atoms with Crippen molar-refractivity contribution in [1.82, 2.24) is 19.0 Å². The van der Waals surface area contributed by atoms with Gasteiger partial charge in [0.05, 0.1) is 11.4 Å². The maximum Gasteiger partial charge on any atom is 0.269 e. The lowest BCUT2D eigenvalue weighted by Gasteiger charge is -2.04. The SMILES string of the molecule is Cc1nnsc1C(=O)Nc1ccc(-c2cn3cccc(C)c3n2)cc1. The quantitative estimate of drug-likeness (QED) is 0.612. The number of amides is 1. The fraction of sp³-hybridized carbons (Fsp3) is 0.111. The smallest absolute Gasteiger partial charge is 0.269 e. The first kappa shape index (κ1) is 15.5. The lowest BCUT2D eigenvalue weighted by molar-refractivity contribution is 0.103. The molecule has 0 saturated heterocycles. The van der Waals surface area contributed by atoms with Gasteiger partial charge in [0, 0.05) is 23.6 Å². The van der Waals surface area contributed by atoms with Crippen LogP contribution in [0.4, 0.5) is 5.69 Å². The van der Waals surface area contributed by atoms with Crippen molar-refractivity contribution >= 4 is 28.8 Å². The molecule has 0 atom stereocenters. The summed E-state index contributed by atoms with van der Waals surface area (Å²) in [6.07, 6.45) is 3.99. The number of hydrogen-bond acceptors (Lipinski definition) is 5. The summed E-state index contributed by atoms with van der Waals surface area (Å²) in [5, 5.41) is 6.72. The normalized spacial score (nSPS) is 11.0. The summed E-state index contributed by atoms with van der Waals surface area (Å²) in [5.41, 5.74) is 5.33. The number of rotatable bonds is 3. The van der Waals surface area contributed by atoms with E-state index in [-0.39, 0.29) is 5.91 Å². The molecular weight excluding hydrogens is 334 g/mol. The number of fused-ring (bicyclic) bond motifs is 1. The molecule has 0 radical (unpaired) electrons. The van der Waals surface area contributed by atoms with Gasteiger partial charge in [0.2, 0.25) is 0 Å². The number of carbonyl (C=O) groups excluding carboxylic acids is 1. The van der Waals surface area contributed by atoms with Crippen LogP contribution in [0.15, 0.2) is 48.8 Å². The van der Waals surface area contributed by atoms with Crippen molar-refractivity contribution in [3.63, 3.8) is 0 Å². The van der Waals surface area contributed by atoms with Gasteiger partial charge in [-0.05, 0) is 49.1 Å². The molecule has 3 heterocycles. The van der Waals surface area contributed by atoms with Gasteiger partial charge in [0.1, 0.15) is 10.5 Å². The lowest BCUT2D eigenvalue weighted by atomic mass is 10.1. The van der Waals surface area contributed by atoms with Crippen molar-refractivity contribution in [2.45, 2.75) is 13.8 Å². The zero-order valence-corrected chi connectivity index (χ0v) is 14.5. The summed E-state index contributed by atoms with van der Waals surface area (Å²) in [6, 6.07) is 11.7. The van der Waals surface area contributed by atoms with Crippen LogP contribution in [0.3, 0.4) is 0 Å². The minimum Gasteiger partial charge on any atom is -0.321 e. The monoisotopic (exact) mass is 349 g/mol. The molecule has 1 aromatic carbocycles. The van der Waals surface area contributed by atoms with Crippen molar-refractivity contribution in [3.05, 3.63) is 64.9 Å². The second-order valence-corrected chi connectivity index (χ2v) is 6.52. The molecular formula is C18H15N5OS. The maximum absolute atomic E-state index is 12.2. The zero-order chi connectivity index (χ0) is 17.4. The second kappa shape index (κ2) is 6.10. The van der Waals surface area contributed by atoms with Gasteiger partial charge in [-0.3, -0.25) is 4.79 Å². The van der Waals surface area contributed by atoms with Gasteiger partial charge >= 0.3 is 0 Å². The Balaban J connectivity index is 1.58. The van der Waals surface area contributed by atoms with Gasteiger partial charge in [0.15, 0.2) is 0 Å². The predicted octanol–water partition coefficient (Wildman–Crippen LogP) is 3.72. The van der Waals surface area contributed by atoms with Crippen LogP contribution in [-0.2, 0) is 0 Å². The Morgan fingerprint density at radius 2 is 1.96 bits per heavy atom. The summed E-state index contributed by atoms with van der Waals surface area (Å²) in [7, 11) is 0. The fourth-order valence-corrected chi connectivity index (χ4v) is 3.20. The van der Waals surface area contributed by atoms with Gasteiger partial charge in [-0.2, -0.15) is 0 Å². The van der Waals surface area contributed by atoms with Gasteiger partial charge < -0.3 is 9.72 Å². The van der Waals surface area contributed by atoms with Crippen LogP contribution in [-0.4, -0.2) is 24.9 Å². The average molecular weight is 349 g/mol. The Hall–Kier alpha value is -3.06. The van der Waals surface area contributed by atoms with Crippen molar-refractivity contribution in [3.8, 4) is 11.3 Å². The summed E-state index contributed by atoms with van der Waals surface area (Å²) in [4.78, 5) is 17.4. The number of imidazole rings is 1. The highest BCUT2D eigenvalue weighted by Gasteiger charge is 2.13. The minimum absolute atomic E-state index is 0.191. The number of hydrogen-bond donors (Lipinski definition) is 1. The van der Waals surface area contributed by atoms with E-state index in [4.69, 9.17) is 0 Å². The van der Waals surface area contributed by atoms with E-state index in [9.17, 15) is 4.79 Å². The predicted molar refractivity (Wildman–Crippen MR) is 98.0 cm³/mol. The largest absolute Gasteiger partial charge is 0.321 e. The molecule has 0 aliphatic rings. The number of carbonyl (C=O) groups is 1. The van der Waals surface area contributed by atoms with Gasteiger partial charge in [-0.15, -0.1) is 5.10 Å². The molecule has 0 unspecified atom stereocenters. The van der Waals surface area contributed by atoms with Gasteiger partial charge in [0.25, 0.3) is 5.91 Å².